The Balaban J connectivity index is 0.00000225. The first-order chi connectivity index (χ1) is 11.6. The smallest absolute Gasteiger partial charge is 0.271 e. The third-order valence-corrected chi connectivity index (χ3v) is 4.54. The molecule has 0 bridgehead atoms. The number of amides is 1. The molecule has 2 heterocycles. The number of piperidine rings is 1. The predicted molar refractivity (Wildman–Crippen MR) is 101 cm³/mol. The lowest BCUT2D eigenvalue weighted by Gasteiger charge is -2.32. The fourth-order valence-electron chi connectivity index (χ4n) is 3.27. The highest BCUT2D eigenvalue weighted by atomic mass is 35.5. The number of hydrogen-bond donors (Lipinski definition) is 2. The second-order valence-corrected chi connectivity index (χ2v) is 6.50. The second kappa shape index (κ2) is 8.36. The van der Waals surface area contributed by atoms with Crippen molar-refractivity contribution in [2.75, 3.05) is 26.7 Å². The average molecular weight is 365 g/mol. The molecule has 2 N–H and O–H groups in total. The molecule has 3 rings (SSSR count). The Morgan fingerprint density at radius 1 is 1.32 bits per heavy atom. The molecule has 0 spiro atoms. The van der Waals surface area contributed by atoms with Gasteiger partial charge in [-0.2, -0.15) is 0 Å². The minimum atomic E-state index is -0.217. The van der Waals surface area contributed by atoms with E-state index >= 15 is 0 Å². The maximum atomic E-state index is 12.7. The van der Waals surface area contributed by atoms with Gasteiger partial charge in [-0.05, 0) is 51.4 Å². The molecule has 1 aromatic heterocycles. The maximum Gasteiger partial charge on any atom is 0.271 e. The van der Waals surface area contributed by atoms with Gasteiger partial charge in [0.25, 0.3) is 11.5 Å². The molecule has 1 saturated heterocycles. The van der Waals surface area contributed by atoms with E-state index < -0.39 is 0 Å². The highest BCUT2D eigenvalue weighted by Crippen LogP contribution is 2.17. The molecule has 0 radical (unpaired) electrons. The van der Waals surface area contributed by atoms with Crippen LogP contribution in [0.1, 0.15) is 28.9 Å². The fraction of sp³-hybridized carbons (Fsp3) is 0.444. The van der Waals surface area contributed by atoms with Crippen LogP contribution in [0.15, 0.2) is 35.1 Å². The highest BCUT2D eigenvalue weighted by Gasteiger charge is 2.25. The molecular weight excluding hydrogens is 340 g/mol. The van der Waals surface area contributed by atoms with E-state index in [1.165, 1.54) is 10.7 Å². The summed E-state index contributed by atoms with van der Waals surface area (Å²) in [4.78, 5) is 26.8. The number of nitrogens with one attached hydrogen (secondary N) is 2. The molecule has 6 nitrogen and oxygen atoms in total. The molecule has 1 aromatic carbocycles. The summed E-state index contributed by atoms with van der Waals surface area (Å²) in [6.45, 7) is 4.38. The van der Waals surface area contributed by atoms with Gasteiger partial charge in [-0.15, -0.1) is 12.4 Å². The number of benzene rings is 1. The molecule has 1 atom stereocenters. The van der Waals surface area contributed by atoms with Crippen molar-refractivity contribution in [3.63, 3.8) is 0 Å². The van der Waals surface area contributed by atoms with E-state index in [4.69, 9.17) is 0 Å². The number of likely N-dealkylation sites (tertiary alicyclic amines) is 1. The molecule has 1 aliphatic heterocycles. The van der Waals surface area contributed by atoms with E-state index in [2.05, 4.69) is 10.4 Å². The summed E-state index contributed by atoms with van der Waals surface area (Å²) in [7, 11) is 1.93. The monoisotopic (exact) mass is 364 g/mol. The first-order valence-electron chi connectivity index (χ1n) is 8.41. The van der Waals surface area contributed by atoms with E-state index in [0.29, 0.717) is 11.6 Å². The number of carbonyl (C=O) groups excluding carboxylic acids is 1. The minimum absolute atomic E-state index is 0. The average Bonchev–Trinajstić information content (AvgIpc) is 2.97. The third-order valence-electron chi connectivity index (χ3n) is 4.54. The van der Waals surface area contributed by atoms with Crippen molar-refractivity contribution in [3.05, 3.63) is 51.9 Å². The second-order valence-electron chi connectivity index (χ2n) is 6.50. The van der Waals surface area contributed by atoms with Gasteiger partial charge >= 0.3 is 0 Å². The normalized spacial score (nSPS) is 17.2. The van der Waals surface area contributed by atoms with Crippen molar-refractivity contribution < 1.29 is 4.79 Å². The molecule has 136 valence electrons. The molecular formula is C18H25ClN4O2. The quantitative estimate of drug-likeness (QED) is 0.871. The van der Waals surface area contributed by atoms with Crippen LogP contribution < -0.4 is 10.9 Å². The molecule has 0 aliphatic carbocycles. The third kappa shape index (κ3) is 4.32. The first-order valence-corrected chi connectivity index (χ1v) is 8.41. The standard InChI is InChI=1S/C18H24N4O2.ClH/c1-13-5-7-15(8-6-13)22-17(23)10-16(20-22)18(24)21-9-3-4-14(12-21)11-19-2;/h5-8,10,14,19-20H,3-4,9,11-12H2,1-2H3;1H. The van der Waals surface area contributed by atoms with Crippen LogP contribution in [0.3, 0.4) is 0 Å². The lowest BCUT2D eigenvalue weighted by Crippen LogP contribution is -2.42. The van der Waals surface area contributed by atoms with Gasteiger partial charge in [-0.3, -0.25) is 14.7 Å². The van der Waals surface area contributed by atoms with Gasteiger partial charge in [0, 0.05) is 19.2 Å². The van der Waals surface area contributed by atoms with E-state index in [-0.39, 0.29) is 23.9 Å². The van der Waals surface area contributed by atoms with Crippen molar-refractivity contribution in [1.82, 2.24) is 20.0 Å². The largest absolute Gasteiger partial charge is 0.337 e. The predicted octanol–water partition coefficient (Wildman–Crippen LogP) is 1.97. The molecule has 7 heteroatoms. The summed E-state index contributed by atoms with van der Waals surface area (Å²) in [5.41, 5.74) is 1.99. The van der Waals surface area contributed by atoms with E-state index in [1.807, 2.05) is 43.1 Å². The number of hydrogen-bond acceptors (Lipinski definition) is 3. The zero-order valence-electron chi connectivity index (χ0n) is 14.6. The number of carbonyl (C=O) groups is 1. The Bertz CT molecular complexity index is 764. The number of nitrogens with zero attached hydrogens (tertiary/aromatic N) is 2. The summed E-state index contributed by atoms with van der Waals surface area (Å²) >= 11 is 0. The summed E-state index contributed by atoms with van der Waals surface area (Å²) in [6.07, 6.45) is 2.13. The van der Waals surface area contributed by atoms with Gasteiger partial charge in [0.1, 0.15) is 5.69 Å². The molecule has 2 aromatic rings. The number of rotatable bonds is 4. The number of H-pyrrole nitrogens is 1. The molecule has 1 amide bonds. The summed E-state index contributed by atoms with van der Waals surface area (Å²) in [6, 6.07) is 9.01. The van der Waals surface area contributed by atoms with Crippen LogP contribution >= 0.6 is 12.4 Å². The Labute approximate surface area is 153 Å². The minimum Gasteiger partial charge on any atom is -0.337 e. The molecule has 0 saturated carbocycles. The van der Waals surface area contributed by atoms with Crippen LogP contribution in [0.5, 0.6) is 0 Å². The highest BCUT2D eigenvalue weighted by molar-refractivity contribution is 5.92. The molecule has 1 fully saturated rings. The van der Waals surface area contributed by atoms with Crippen molar-refractivity contribution in [2.24, 2.45) is 5.92 Å². The SMILES string of the molecule is CNCC1CCCN(C(=O)c2cc(=O)n(-c3ccc(C)cc3)[nH]2)C1.Cl. The van der Waals surface area contributed by atoms with Gasteiger partial charge in [0.2, 0.25) is 0 Å². The van der Waals surface area contributed by atoms with Gasteiger partial charge < -0.3 is 10.2 Å². The zero-order valence-corrected chi connectivity index (χ0v) is 15.4. The first kappa shape index (κ1) is 19.3. The Kier molecular flexibility index (Phi) is 6.45. The van der Waals surface area contributed by atoms with Crippen LogP contribution in [-0.2, 0) is 0 Å². The lowest BCUT2D eigenvalue weighted by atomic mass is 9.98. The topological polar surface area (TPSA) is 70.1 Å². The molecule has 25 heavy (non-hydrogen) atoms. The fourth-order valence-corrected chi connectivity index (χ4v) is 3.27. The zero-order chi connectivity index (χ0) is 17.1. The van der Waals surface area contributed by atoms with Gasteiger partial charge in [0.15, 0.2) is 0 Å². The Morgan fingerprint density at radius 3 is 2.72 bits per heavy atom. The van der Waals surface area contributed by atoms with Gasteiger partial charge in [-0.1, -0.05) is 17.7 Å². The van der Waals surface area contributed by atoms with Crippen LogP contribution in [0.4, 0.5) is 0 Å². The summed E-state index contributed by atoms with van der Waals surface area (Å²) in [5, 5.41) is 6.13. The van der Waals surface area contributed by atoms with Crippen LogP contribution in [0.25, 0.3) is 5.69 Å². The van der Waals surface area contributed by atoms with Gasteiger partial charge in [-0.25, -0.2) is 4.68 Å². The van der Waals surface area contributed by atoms with Gasteiger partial charge in [0.05, 0.1) is 5.69 Å². The molecule has 1 unspecified atom stereocenters. The van der Waals surface area contributed by atoms with Crippen LogP contribution in [0.2, 0.25) is 0 Å². The lowest BCUT2D eigenvalue weighted by molar-refractivity contribution is 0.0668. The van der Waals surface area contributed by atoms with E-state index in [1.54, 1.807) is 0 Å². The van der Waals surface area contributed by atoms with Crippen molar-refractivity contribution >= 4 is 18.3 Å². The van der Waals surface area contributed by atoms with E-state index in [9.17, 15) is 9.59 Å². The van der Waals surface area contributed by atoms with E-state index in [0.717, 1.165) is 43.7 Å². The molecule has 1 aliphatic rings. The number of aromatic nitrogens is 2. The Hall–Kier alpha value is -2.05. The van der Waals surface area contributed by atoms with Crippen LogP contribution in [0, 0.1) is 12.8 Å². The van der Waals surface area contributed by atoms with Crippen molar-refractivity contribution in [3.8, 4) is 5.69 Å². The number of aromatic amines is 1. The van der Waals surface area contributed by atoms with Crippen molar-refractivity contribution in [2.45, 2.75) is 19.8 Å². The number of halogens is 1. The Morgan fingerprint density at radius 2 is 2.04 bits per heavy atom. The van der Waals surface area contributed by atoms with Crippen LogP contribution in [-0.4, -0.2) is 47.3 Å². The number of aryl methyl sites for hydroxylation is 1. The summed E-state index contributed by atoms with van der Waals surface area (Å²) < 4.78 is 1.42. The summed E-state index contributed by atoms with van der Waals surface area (Å²) in [5.74, 6) is 0.373. The van der Waals surface area contributed by atoms with Crippen molar-refractivity contribution in [1.29, 1.82) is 0 Å². The maximum absolute atomic E-state index is 12.7.